The van der Waals surface area contributed by atoms with Gasteiger partial charge in [0, 0.05) is 24.3 Å². The lowest BCUT2D eigenvalue weighted by molar-refractivity contribution is -0.345. The van der Waals surface area contributed by atoms with E-state index in [9.17, 15) is 45.3 Å². The van der Waals surface area contributed by atoms with Crippen molar-refractivity contribution in [3.05, 3.63) is 11.6 Å². The van der Waals surface area contributed by atoms with Crippen LogP contribution in [-0.2, 0) is 33.3 Å². The fourth-order valence-electron chi connectivity index (χ4n) is 11.3. The SMILES string of the molecule is C[C@@H]1O[C@@H](O[C@H]2CC[C@]3(C=O)[C@@H]4CC[C@]5(C)[C@@H](C6=CC(=O)OC6)CC[C@]5(O)[C@@H]4CC[C@]3(O)C2)C[C@H](O)[C@H]1O[C@@H]1O[C@@H](CO)[C@H](O)[C@@H](O)[C@@H]1O. The molecule has 4 aliphatic carbocycles. The standard InChI is InChI=1S/C35H52O14/c1-17-30(49-31-29(42)28(41)27(40)24(14-36)48-31)23(38)12-26(46-17)47-19-3-8-33(16-37)21-4-7-32(2)20(18-11-25(39)45-15-18)6-10-35(32,44)22(21)5-9-34(33,43)13-19/h11,16-17,19-24,26-31,36,38,40-44H,3-10,12-15H2,1-2H3/t17-,19-,20+,21+,22+,23-,24-,26-,27-,28+,29-,30-,31-,32+,33-,34-,35-/m0/s1. The molecule has 3 aliphatic heterocycles. The van der Waals surface area contributed by atoms with Crippen LogP contribution in [0, 0.1) is 28.6 Å². The van der Waals surface area contributed by atoms with Crippen LogP contribution in [0.5, 0.6) is 0 Å². The molecule has 2 saturated heterocycles. The summed E-state index contributed by atoms with van der Waals surface area (Å²) in [6.45, 7) is 3.42. The second-order valence-electron chi connectivity index (χ2n) is 16.1. The van der Waals surface area contributed by atoms with E-state index in [2.05, 4.69) is 6.92 Å². The minimum atomic E-state index is -1.62. The van der Waals surface area contributed by atoms with Gasteiger partial charge in [-0.25, -0.2) is 4.79 Å². The highest BCUT2D eigenvalue weighted by atomic mass is 16.7. The Bertz CT molecular complexity index is 1300. The predicted molar refractivity (Wildman–Crippen MR) is 166 cm³/mol. The number of ether oxygens (including phenoxy) is 5. The summed E-state index contributed by atoms with van der Waals surface area (Å²) in [7, 11) is 0. The molecule has 49 heavy (non-hydrogen) atoms. The largest absolute Gasteiger partial charge is 0.458 e. The van der Waals surface area contributed by atoms with Crippen LogP contribution >= 0.6 is 0 Å². The molecule has 7 N–H and O–H groups in total. The number of carbonyl (C=O) groups is 2. The van der Waals surface area contributed by atoms with E-state index >= 15 is 0 Å². The molecule has 0 amide bonds. The number of cyclic esters (lactones) is 1. The van der Waals surface area contributed by atoms with Crippen molar-refractivity contribution in [2.75, 3.05) is 13.2 Å². The van der Waals surface area contributed by atoms with Crippen molar-refractivity contribution in [1.82, 2.24) is 0 Å². The van der Waals surface area contributed by atoms with E-state index in [4.69, 9.17) is 23.7 Å². The highest BCUT2D eigenvalue weighted by molar-refractivity contribution is 5.85. The van der Waals surface area contributed by atoms with Gasteiger partial charge in [-0.3, -0.25) is 0 Å². The summed E-state index contributed by atoms with van der Waals surface area (Å²) in [6, 6.07) is 0. The Hall–Kier alpha value is -1.56. The molecule has 14 heteroatoms. The highest BCUT2D eigenvalue weighted by Gasteiger charge is 2.71. The third-order valence-electron chi connectivity index (χ3n) is 14.0. The molecule has 0 aromatic heterocycles. The first kappa shape index (κ1) is 35.8. The van der Waals surface area contributed by atoms with Crippen LogP contribution in [0.25, 0.3) is 0 Å². The first-order valence-electron chi connectivity index (χ1n) is 17.9. The predicted octanol–water partition coefficient (Wildman–Crippen LogP) is -0.397. The third-order valence-corrected chi connectivity index (χ3v) is 14.0. The molecule has 17 atom stereocenters. The van der Waals surface area contributed by atoms with Crippen LogP contribution in [0.15, 0.2) is 11.6 Å². The lowest BCUT2D eigenvalue weighted by Crippen LogP contribution is -2.69. The van der Waals surface area contributed by atoms with Crippen LogP contribution in [-0.4, -0.2) is 134 Å². The van der Waals surface area contributed by atoms with Crippen LogP contribution in [0.4, 0.5) is 0 Å². The normalized spacial score (nSPS) is 54.3. The second kappa shape index (κ2) is 12.8. The quantitative estimate of drug-likeness (QED) is 0.102. The lowest BCUT2D eigenvalue weighted by Gasteiger charge is -2.65. The van der Waals surface area contributed by atoms with E-state index in [1.54, 1.807) is 13.0 Å². The summed E-state index contributed by atoms with van der Waals surface area (Å²) < 4.78 is 28.9. The molecule has 0 aromatic carbocycles. The van der Waals surface area contributed by atoms with Crippen molar-refractivity contribution in [1.29, 1.82) is 0 Å². The average molecular weight is 697 g/mol. The van der Waals surface area contributed by atoms with Gasteiger partial charge in [-0.05, 0) is 81.6 Å². The Labute approximate surface area is 285 Å². The molecular formula is C35H52O14. The zero-order chi connectivity index (χ0) is 35.1. The van der Waals surface area contributed by atoms with Gasteiger partial charge >= 0.3 is 5.97 Å². The number of aldehydes is 1. The van der Waals surface area contributed by atoms with Gasteiger partial charge in [-0.1, -0.05) is 6.92 Å². The van der Waals surface area contributed by atoms with Gasteiger partial charge in [-0.2, -0.15) is 0 Å². The first-order chi connectivity index (χ1) is 23.2. The van der Waals surface area contributed by atoms with Crippen molar-refractivity contribution < 1.29 is 69.0 Å². The fraction of sp³-hybridized carbons (Fsp3) is 0.886. The van der Waals surface area contributed by atoms with Crippen molar-refractivity contribution in [2.24, 2.45) is 28.6 Å². The lowest BCUT2D eigenvalue weighted by atomic mass is 9.41. The topological polar surface area (TPSA) is 222 Å². The van der Waals surface area contributed by atoms with Crippen LogP contribution < -0.4 is 0 Å². The maximum Gasteiger partial charge on any atom is 0.331 e. The molecule has 0 aromatic rings. The number of aliphatic hydroxyl groups is 7. The molecule has 7 aliphatic rings. The summed E-state index contributed by atoms with van der Waals surface area (Å²) in [5.41, 5.74) is -2.94. The molecule has 6 fully saturated rings. The number of rotatable bonds is 7. The van der Waals surface area contributed by atoms with Gasteiger partial charge < -0.3 is 64.2 Å². The minimum absolute atomic E-state index is 0.00470. The number of esters is 1. The number of aliphatic hydroxyl groups excluding tert-OH is 5. The van der Waals surface area contributed by atoms with Gasteiger partial charge in [0.15, 0.2) is 12.6 Å². The van der Waals surface area contributed by atoms with Gasteiger partial charge in [0.2, 0.25) is 0 Å². The molecule has 0 unspecified atom stereocenters. The van der Waals surface area contributed by atoms with Crippen molar-refractivity contribution in [2.45, 2.75) is 151 Å². The molecule has 4 saturated carbocycles. The Morgan fingerprint density at radius 1 is 0.939 bits per heavy atom. The van der Waals surface area contributed by atoms with E-state index < -0.39 is 90.1 Å². The molecule has 0 bridgehead atoms. The van der Waals surface area contributed by atoms with E-state index in [1.807, 2.05) is 0 Å². The zero-order valence-corrected chi connectivity index (χ0v) is 28.1. The summed E-state index contributed by atoms with van der Waals surface area (Å²) in [5.74, 6) is -0.688. The van der Waals surface area contributed by atoms with E-state index in [0.29, 0.717) is 44.9 Å². The van der Waals surface area contributed by atoms with Crippen molar-refractivity contribution in [3.63, 3.8) is 0 Å². The molecule has 14 nitrogen and oxygen atoms in total. The first-order valence-corrected chi connectivity index (χ1v) is 17.9. The van der Waals surface area contributed by atoms with Gasteiger partial charge in [0.1, 0.15) is 43.4 Å². The highest BCUT2D eigenvalue weighted by Crippen LogP contribution is 2.70. The number of fused-ring (bicyclic) bond motifs is 5. The Morgan fingerprint density at radius 2 is 1.69 bits per heavy atom. The molecule has 0 radical (unpaired) electrons. The molecule has 0 spiro atoms. The second-order valence-corrected chi connectivity index (χ2v) is 16.1. The minimum Gasteiger partial charge on any atom is -0.458 e. The smallest absolute Gasteiger partial charge is 0.331 e. The van der Waals surface area contributed by atoms with Gasteiger partial charge in [0.25, 0.3) is 0 Å². The number of hydrogen-bond donors (Lipinski definition) is 7. The monoisotopic (exact) mass is 696 g/mol. The Morgan fingerprint density at radius 3 is 2.37 bits per heavy atom. The van der Waals surface area contributed by atoms with Gasteiger partial charge in [0.05, 0.1) is 41.5 Å². The van der Waals surface area contributed by atoms with Crippen molar-refractivity contribution in [3.8, 4) is 0 Å². The summed E-state index contributed by atoms with van der Waals surface area (Å²) in [4.78, 5) is 25.0. The van der Waals surface area contributed by atoms with Crippen LogP contribution in [0.3, 0.4) is 0 Å². The fourth-order valence-corrected chi connectivity index (χ4v) is 11.3. The van der Waals surface area contributed by atoms with E-state index in [1.165, 1.54) is 0 Å². The Balaban J connectivity index is 1.00. The van der Waals surface area contributed by atoms with Gasteiger partial charge in [-0.15, -0.1) is 0 Å². The Kier molecular flexibility index (Phi) is 9.38. The number of carbonyl (C=O) groups excluding carboxylic acids is 2. The summed E-state index contributed by atoms with van der Waals surface area (Å²) in [6.07, 6.45) is -4.38. The molecule has 3 heterocycles. The molecular weight excluding hydrogens is 644 g/mol. The van der Waals surface area contributed by atoms with E-state index in [-0.39, 0.29) is 43.2 Å². The maximum atomic E-state index is 13.2. The zero-order valence-electron chi connectivity index (χ0n) is 28.1. The van der Waals surface area contributed by atoms with Crippen LogP contribution in [0.1, 0.15) is 78.1 Å². The summed E-state index contributed by atoms with van der Waals surface area (Å²) in [5, 5.41) is 75.9. The number of hydrogen-bond acceptors (Lipinski definition) is 14. The molecule has 276 valence electrons. The maximum absolute atomic E-state index is 13.2. The molecule has 7 rings (SSSR count). The summed E-state index contributed by atoms with van der Waals surface area (Å²) >= 11 is 0. The van der Waals surface area contributed by atoms with E-state index in [0.717, 1.165) is 18.3 Å². The average Bonchev–Trinajstić information content (AvgIpc) is 3.61. The third kappa shape index (κ3) is 5.47. The van der Waals surface area contributed by atoms with Crippen molar-refractivity contribution >= 4 is 12.3 Å². The van der Waals surface area contributed by atoms with Crippen LogP contribution in [0.2, 0.25) is 0 Å².